The van der Waals surface area contributed by atoms with E-state index in [0.29, 0.717) is 17.2 Å². The number of piperazine rings is 1. The van der Waals surface area contributed by atoms with E-state index in [1.165, 1.54) is 30.1 Å². The van der Waals surface area contributed by atoms with Gasteiger partial charge in [-0.15, -0.1) is 0 Å². The molecule has 2 heterocycles. The SMILES string of the molecule is CCN1CCN(c2ccc(Nc3cc(N(C)C(=O)Nc4c(Cl)c(CO)cc(OC)c4Cl)ncn3)cc2)CC1. The highest BCUT2D eigenvalue weighted by Gasteiger charge is 2.21. The van der Waals surface area contributed by atoms with Gasteiger partial charge in [0, 0.05) is 56.2 Å². The van der Waals surface area contributed by atoms with Crippen molar-refractivity contribution in [1.29, 1.82) is 0 Å². The number of carbonyl (C=O) groups is 1. The van der Waals surface area contributed by atoms with Crippen molar-refractivity contribution in [3.05, 3.63) is 58.3 Å². The Hall–Kier alpha value is -3.31. The largest absolute Gasteiger partial charge is 0.495 e. The van der Waals surface area contributed by atoms with Gasteiger partial charge in [-0.05, 0) is 36.9 Å². The van der Waals surface area contributed by atoms with Crippen molar-refractivity contribution >= 4 is 57.9 Å². The average molecular weight is 560 g/mol. The summed E-state index contributed by atoms with van der Waals surface area (Å²) in [5, 5.41) is 15.8. The molecule has 10 nitrogen and oxygen atoms in total. The van der Waals surface area contributed by atoms with Gasteiger partial charge in [-0.2, -0.15) is 0 Å². The summed E-state index contributed by atoms with van der Waals surface area (Å²) in [6.45, 7) is 7.10. The maximum atomic E-state index is 13.0. The minimum atomic E-state index is -0.539. The maximum absolute atomic E-state index is 13.0. The smallest absolute Gasteiger partial charge is 0.327 e. The number of likely N-dealkylation sites (N-methyl/N-ethyl adjacent to an activating group) is 1. The first-order chi connectivity index (χ1) is 18.3. The number of carbonyl (C=O) groups excluding carboxylic acids is 1. The molecule has 3 aromatic rings. The Kier molecular flexibility index (Phi) is 9.11. The number of benzene rings is 2. The third-order valence-electron chi connectivity index (χ3n) is 6.49. The molecule has 1 fully saturated rings. The highest BCUT2D eigenvalue weighted by Crippen LogP contribution is 2.40. The number of ether oxygens (including phenoxy) is 1. The lowest BCUT2D eigenvalue weighted by atomic mass is 10.2. The second-order valence-electron chi connectivity index (χ2n) is 8.74. The number of hydrogen-bond donors (Lipinski definition) is 3. The fraction of sp³-hybridized carbons (Fsp3) is 0.346. The number of halogens is 2. The van der Waals surface area contributed by atoms with E-state index in [1.807, 2.05) is 12.1 Å². The third-order valence-corrected chi connectivity index (χ3v) is 7.30. The van der Waals surface area contributed by atoms with Crippen molar-refractivity contribution in [2.45, 2.75) is 13.5 Å². The molecule has 0 atom stereocenters. The van der Waals surface area contributed by atoms with Crippen molar-refractivity contribution < 1.29 is 14.6 Å². The monoisotopic (exact) mass is 559 g/mol. The maximum Gasteiger partial charge on any atom is 0.327 e. The Bertz CT molecular complexity index is 1240. The molecule has 0 bridgehead atoms. The second kappa shape index (κ2) is 12.5. The number of urea groups is 1. The first-order valence-electron chi connectivity index (χ1n) is 12.2. The Morgan fingerprint density at radius 1 is 1.11 bits per heavy atom. The molecule has 2 amide bonds. The molecule has 4 rings (SSSR count). The van der Waals surface area contributed by atoms with Gasteiger partial charge in [0.1, 0.15) is 28.7 Å². The fourth-order valence-electron chi connectivity index (χ4n) is 4.16. The lowest BCUT2D eigenvalue weighted by Crippen LogP contribution is -2.46. The lowest BCUT2D eigenvalue weighted by Gasteiger charge is -2.35. The zero-order valence-electron chi connectivity index (χ0n) is 21.5. The Labute approximate surface area is 232 Å². The minimum Gasteiger partial charge on any atom is -0.495 e. The van der Waals surface area contributed by atoms with Crippen molar-refractivity contribution in [1.82, 2.24) is 14.9 Å². The number of nitrogens with one attached hydrogen (secondary N) is 2. The van der Waals surface area contributed by atoms with E-state index < -0.39 is 6.03 Å². The minimum absolute atomic E-state index is 0.122. The molecule has 0 spiro atoms. The van der Waals surface area contributed by atoms with E-state index in [9.17, 15) is 9.90 Å². The summed E-state index contributed by atoms with van der Waals surface area (Å²) in [6, 6.07) is 10.8. The van der Waals surface area contributed by atoms with Crippen LogP contribution in [0.2, 0.25) is 10.0 Å². The normalized spacial score (nSPS) is 13.8. The molecule has 202 valence electrons. The van der Waals surface area contributed by atoms with Crippen LogP contribution < -0.4 is 25.2 Å². The first kappa shape index (κ1) is 27.7. The molecule has 0 aliphatic carbocycles. The van der Waals surface area contributed by atoms with E-state index in [2.05, 4.69) is 49.5 Å². The number of rotatable bonds is 8. The molecule has 38 heavy (non-hydrogen) atoms. The highest BCUT2D eigenvalue weighted by atomic mass is 35.5. The summed E-state index contributed by atoms with van der Waals surface area (Å²) < 4.78 is 5.23. The van der Waals surface area contributed by atoms with Gasteiger partial charge in [0.05, 0.1) is 24.4 Å². The van der Waals surface area contributed by atoms with Gasteiger partial charge < -0.3 is 30.3 Å². The molecule has 3 N–H and O–H groups in total. The van der Waals surface area contributed by atoms with Crippen LogP contribution in [0.15, 0.2) is 42.7 Å². The van der Waals surface area contributed by atoms with E-state index in [4.69, 9.17) is 27.9 Å². The quantitative estimate of drug-likeness (QED) is 0.360. The number of methoxy groups -OCH3 is 1. The van der Waals surface area contributed by atoms with Crippen molar-refractivity contribution in [3.8, 4) is 5.75 Å². The first-order valence-corrected chi connectivity index (χ1v) is 13.0. The summed E-state index contributed by atoms with van der Waals surface area (Å²) in [5.41, 5.74) is 2.56. The molecule has 0 radical (unpaired) electrons. The van der Waals surface area contributed by atoms with Crippen LogP contribution in [0.4, 0.5) is 33.5 Å². The van der Waals surface area contributed by atoms with Gasteiger partial charge in [-0.25, -0.2) is 14.8 Å². The summed E-state index contributed by atoms with van der Waals surface area (Å²) in [6.07, 6.45) is 1.37. The van der Waals surface area contributed by atoms with Crippen molar-refractivity contribution in [3.63, 3.8) is 0 Å². The van der Waals surface area contributed by atoms with Gasteiger partial charge in [-0.1, -0.05) is 30.1 Å². The molecule has 1 aliphatic heterocycles. The van der Waals surface area contributed by atoms with Crippen LogP contribution in [0, 0.1) is 0 Å². The Balaban J connectivity index is 1.44. The van der Waals surface area contributed by atoms with Gasteiger partial charge in [0.2, 0.25) is 0 Å². The van der Waals surface area contributed by atoms with Crippen LogP contribution in [-0.2, 0) is 6.61 Å². The topological polar surface area (TPSA) is 106 Å². The summed E-state index contributed by atoms with van der Waals surface area (Å²) in [7, 11) is 2.99. The molecule has 2 aromatic carbocycles. The third kappa shape index (κ3) is 6.21. The number of hydrogen-bond acceptors (Lipinski definition) is 8. The lowest BCUT2D eigenvalue weighted by molar-refractivity contribution is 0.258. The predicted octanol–water partition coefficient (Wildman–Crippen LogP) is 4.84. The number of aliphatic hydroxyl groups excluding tert-OH is 1. The van der Waals surface area contributed by atoms with Gasteiger partial charge in [0.25, 0.3) is 0 Å². The van der Waals surface area contributed by atoms with Crippen LogP contribution in [0.5, 0.6) is 5.75 Å². The van der Waals surface area contributed by atoms with Crippen LogP contribution >= 0.6 is 23.2 Å². The summed E-state index contributed by atoms with van der Waals surface area (Å²) in [5.74, 6) is 1.16. The van der Waals surface area contributed by atoms with Crippen LogP contribution in [0.3, 0.4) is 0 Å². The summed E-state index contributed by atoms with van der Waals surface area (Å²) in [4.78, 5) is 27.7. The van der Waals surface area contributed by atoms with E-state index >= 15 is 0 Å². The number of aromatic nitrogens is 2. The molecule has 1 saturated heterocycles. The predicted molar refractivity (Wildman–Crippen MR) is 152 cm³/mol. The molecular formula is C26H31Cl2N7O3. The van der Waals surface area contributed by atoms with E-state index in [1.54, 1.807) is 13.1 Å². The fourth-order valence-corrected chi connectivity index (χ4v) is 4.74. The van der Waals surface area contributed by atoms with Crippen LogP contribution in [0.1, 0.15) is 12.5 Å². The second-order valence-corrected chi connectivity index (χ2v) is 9.50. The number of amides is 2. The summed E-state index contributed by atoms with van der Waals surface area (Å²) >= 11 is 12.7. The Morgan fingerprint density at radius 3 is 2.45 bits per heavy atom. The van der Waals surface area contributed by atoms with Crippen molar-refractivity contribution in [2.24, 2.45) is 0 Å². The molecular weight excluding hydrogens is 529 g/mol. The molecule has 0 unspecified atom stereocenters. The van der Waals surface area contributed by atoms with Crippen LogP contribution in [-0.4, -0.2) is 72.9 Å². The molecule has 1 aliphatic rings. The molecule has 1 aromatic heterocycles. The van der Waals surface area contributed by atoms with Crippen molar-refractivity contribution in [2.75, 3.05) is 67.3 Å². The number of nitrogens with zero attached hydrogens (tertiary/aromatic N) is 5. The standard InChI is InChI=1S/C26H31Cl2N7O3/c1-4-34-9-11-35(12-10-34)19-7-5-18(6-8-19)31-21-14-22(30-16-29-21)33(2)26(37)32-25-23(27)17(15-36)13-20(38-3)24(25)28/h5-8,13-14,16,36H,4,9-12,15H2,1-3H3,(H,32,37)(H,29,30,31). The van der Waals surface area contributed by atoms with Gasteiger partial charge in [0.15, 0.2) is 0 Å². The molecule has 12 heteroatoms. The van der Waals surface area contributed by atoms with E-state index in [0.717, 1.165) is 38.4 Å². The number of anilines is 5. The average Bonchev–Trinajstić information content (AvgIpc) is 2.95. The van der Waals surface area contributed by atoms with Gasteiger partial charge >= 0.3 is 6.03 Å². The zero-order chi connectivity index (χ0) is 27.2. The Morgan fingerprint density at radius 2 is 1.82 bits per heavy atom. The van der Waals surface area contributed by atoms with Gasteiger partial charge in [-0.3, -0.25) is 4.90 Å². The zero-order valence-corrected chi connectivity index (χ0v) is 23.1. The van der Waals surface area contributed by atoms with Crippen LogP contribution in [0.25, 0.3) is 0 Å². The number of aliphatic hydroxyl groups is 1. The van der Waals surface area contributed by atoms with E-state index in [-0.39, 0.29) is 28.1 Å². The highest BCUT2D eigenvalue weighted by molar-refractivity contribution is 6.41. The molecule has 0 saturated carbocycles.